The summed E-state index contributed by atoms with van der Waals surface area (Å²) >= 11 is 0. The maximum absolute atomic E-state index is 14.7. The number of benzene rings is 3. The van der Waals surface area contributed by atoms with Crippen LogP contribution in [0.3, 0.4) is 0 Å². The highest BCUT2D eigenvalue weighted by Gasteiger charge is 2.51. The van der Waals surface area contributed by atoms with Gasteiger partial charge in [0.1, 0.15) is 11.6 Å². The van der Waals surface area contributed by atoms with Crippen molar-refractivity contribution in [3.8, 4) is 22.6 Å². The lowest BCUT2D eigenvalue weighted by atomic mass is 9.86. The second kappa shape index (κ2) is 7.52. The molecule has 0 radical (unpaired) electrons. The van der Waals surface area contributed by atoms with E-state index in [2.05, 4.69) is 26.0 Å². The quantitative estimate of drug-likeness (QED) is 0.481. The summed E-state index contributed by atoms with van der Waals surface area (Å²) in [5.74, 6) is 1.46. The molecular weight excluding hydrogens is 391 g/mol. The number of carbonyl (C=O) groups is 1. The molecule has 1 heterocycles. The van der Waals surface area contributed by atoms with Crippen LogP contribution >= 0.6 is 0 Å². The van der Waals surface area contributed by atoms with E-state index in [1.54, 1.807) is 6.07 Å². The molecule has 158 valence electrons. The zero-order valence-corrected chi connectivity index (χ0v) is 17.8. The Morgan fingerprint density at radius 3 is 2.55 bits per heavy atom. The van der Waals surface area contributed by atoms with Crippen LogP contribution in [0.1, 0.15) is 49.3 Å². The van der Waals surface area contributed by atoms with Crippen molar-refractivity contribution in [2.75, 3.05) is 6.79 Å². The van der Waals surface area contributed by atoms with Crippen LogP contribution in [-0.2, 0) is 16.6 Å². The minimum Gasteiger partial charge on any atom is -0.454 e. The fourth-order valence-corrected chi connectivity index (χ4v) is 4.53. The minimum atomic E-state index is -0.542. The molecule has 3 aromatic carbocycles. The number of halogens is 1. The summed E-state index contributed by atoms with van der Waals surface area (Å²) in [6.45, 7) is 4.50. The first-order chi connectivity index (χ1) is 15.0. The predicted octanol–water partition coefficient (Wildman–Crippen LogP) is 6.19. The van der Waals surface area contributed by atoms with Gasteiger partial charge in [-0.05, 0) is 70.8 Å². The number of rotatable bonds is 6. The molecule has 0 spiro atoms. The van der Waals surface area contributed by atoms with Crippen LogP contribution in [-0.4, -0.2) is 12.6 Å². The molecule has 0 bridgehead atoms. The smallest absolute Gasteiger partial charge is 0.231 e. The second-order valence-corrected chi connectivity index (χ2v) is 8.80. The Kier molecular flexibility index (Phi) is 4.81. The van der Waals surface area contributed by atoms with E-state index < -0.39 is 5.41 Å². The van der Waals surface area contributed by atoms with E-state index in [0.29, 0.717) is 23.0 Å². The van der Waals surface area contributed by atoms with Gasteiger partial charge in [-0.15, -0.1) is 0 Å². The van der Waals surface area contributed by atoms with Gasteiger partial charge in [0, 0.05) is 6.42 Å². The van der Waals surface area contributed by atoms with Crippen LogP contribution < -0.4 is 9.47 Å². The van der Waals surface area contributed by atoms with Crippen molar-refractivity contribution in [3.05, 3.63) is 83.2 Å². The molecule has 3 nitrogen and oxygen atoms in total. The average Bonchev–Trinajstić information content (AvgIpc) is 3.46. The first-order valence-electron chi connectivity index (χ1n) is 10.8. The van der Waals surface area contributed by atoms with Crippen molar-refractivity contribution >= 4 is 5.78 Å². The Labute approximate surface area is 181 Å². The Bertz CT molecular complexity index is 1160. The second-order valence-electron chi connectivity index (χ2n) is 8.80. The molecule has 3 aromatic rings. The lowest BCUT2D eigenvalue weighted by Gasteiger charge is -2.17. The lowest BCUT2D eigenvalue weighted by molar-refractivity contribution is -0.120. The molecule has 0 atom stereocenters. The van der Waals surface area contributed by atoms with Gasteiger partial charge in [0.2, 0.25) is 6.79 Å². The number of fused-ring (bicyclic) bond motifs is 1. The summed E-state index contributed by atoms with van der Waals surface area (Å²) in [7, 11) is 0. The third kappa shape index (κ3) is 3.50. The molecule has 4 heteroatoms. The SMILES string of the molecule is CC(C)c1ccccc1-c1ccc(F)c(CC(=O)C2(c3ccc4c(c3)OCO4)CC2)c1. The van der Waals surface area contributed by atoms with Crippen LogP contribution in [0.25, 0.3) is 11.1 Å². The van der Waals surface area contributed by atoms with E-state index in [1.807, 2.05) is 36.4 Å². The number of ketones is 1. The molecular formula is C27H25FO3. The third-order valence-corrected chi connectivity index (χ3v) is 6.50. The Morgan fingerprint density at radius 1 is 1.00 bits per heavy atom. The molecule has 0 unspecified atom stereocenters. The summed E-state index contributed by atoms with van der Waals surface area (Å²) in [6.07, 6.45) is 1.64. The van der Waals surface area contributed by atoms with E-state index in [0.717, 1.165) is 29.5 Å². The monoisotopic (exact) mass is 416 g/mol. The normalized spacial score (nSPS) is 15.9. The first-order valence-corrected chi connectivity index (χ1v) is 10.8. The van der Waals surface area contributed by atoms with Gasteiger partial charge in [0.25, 0.3) is 0 Å². The lowest BCUT2D eigenvalue weighted by Crippen LogP contribution is -2.23. The molecule has 0 amide bonds. The summed E-state index contributed by atoms with van der Waals surface area (Å²) in [4.78, 5) is 13.3. The number of Topliss-reactive ketones (excluding diaryl/α,β-unsaturated/α-hetero) is 1. The molecule has 31 heavy (non-hydrogen) atoms. The van der Waals surface area contributed by atoms with Gasteiger partial charge in [-0.2, -0.15) is 0 Å². The molecule has 5 rings (SSSR count). The molecule has 1 fully saturated rings. The summed E-state index contributed by atoms with van der Waals surface area (Å²) in [6, 6.07) is 19.0. The average molecular weight is 416 g/mol. The molecule has 2 aliphatic rings. The van der Waals surface area contributed by atoms with Crippen molar-refractivity contribution in [2.24, 2.45) is 0 Å². The van der Waals surface area contributed by atoms with E-state index in [-0.39, 0.29) is 24.8 Å². The maximum Gasteiger partial charge on any atom is 0.231 e. The van der Waals surface area contributed by atoms with E-state index in [4.69, 9.17) is 9.47 Å². The molecule has 1 aliphatic carbocycles. The summed E-state index contributed by atoms with van der Waals surface area (Å²) in [5.41, 5.74) is 4.09. The van der Waals surface area contributed by atoms with Gasteiger partial charge < -0.3 is 9.47 Å². The predicted molar refractivity (Wildman–Crippen MR) is 118 cm³/mol. The third-order valence-electron chi connectivity index (χ3n) is 6.50. The largest absolute Gasteiger partial charge is 0.454 e. The van der Waals surface area contributed by atoms with Gasteiger partial charge in [-0.3, -0.25) is 4.79 Å². The van der Waals surface area contributed by atoms with Gasteiger partial charge in [-0.1, -0.05) is 50.2 Å². The zero-order valence-electron chi connectivity index (χ0n) is 17.8. The van der Waals surface area contributed by atoms with Crippen molar-refractivity contribution in [2.45, 2.75) is 44.4 Å². The fraction of sp³-hybridized carbons (Fsp3) is 0.296. The van der Waals surface area contributed by atoms with Crippen LogP contribution in [0.15, 0.2) is 60.7 Å². The molecule has 1 saturated carbocycles. The number of hydrogen-bond acceptors (Lipinski definition) is 3. The Balaban J connectivity index is 1.44. The van der Waals surface area contributed by atoms with Crippen molar-refractivity contribution in [1.82, 2.24) is 0 Å². The highest BCUT2D eigenvalue weighted by atomic mass is 19.1. The Hall–Kier alpha value is -3.14. The standard InChI is InChI=1S/C27H25FO3/c1-17(2)21-5-3-4-6-22(21)18-7-9-23(28)19(13-18)14-26(29)27(11-12-27)20-8-10-24-25(15-20)31-16-30-24/h3-10,13,15,17H,11-12,14,16H2,1-2H3. The van der Waals surface area contributed by atoms with E-state index >= 15 is 0 Å². The first kappa shape index (κ1) is 19.8. The molecule has 0 saturated heterocycles. The molecule has 0 N–H and O–H groups in total. The van der Waals surface area contributed by atoms with Crippen LogP contribution in [0.4, 0.5) is 4.39 Å². The maximum atomic E-state index is 14.7. The number of carbonyl (C=O) groups excluding carboxylic acids is 1. The summed E-state index contributed by atoms with van der Waals surface area (Å²) < 4.78 is 25.6. The van der Waals surface area contributed by atoms with Crippen molar-refractivity contribution in [1.29, 1.82) is 0 Å². The van der Waals surface area contributed by atoms with Gasteiger partial charge in [0.05, 0.1) is 5.41 Å². The van der Waals surface area contributed by atoms with E-state index in [1.165, 1.54) is 11.6 Å². The van der Waals surface area contributed by atoms with Crippen molar-refractivity contribution in [3.63, 3.8) is 0 Å². The van der Waals surface area contributed by atoms with Gasteiger partial charge >= 0.3 is 0 Å². The van der Waals surface area contributed by atoms with Crippen LogP contribution in [0, 0.1) is 5.82 Å². The highest BCUT2D eigenvalue weighted by Crippen LogP contribution is 2.51. The van der Waals surface area contributed by atoms with Crippen LogP contribution in [0.5, 0.6) is 11.5 Å². The number of hydrogen-bond donors (Lipinski definition) is 0. The zero-order chi connectivity index (χ0) is 21.6. The fourth-order valence-electron chi connectivity index (χ4n) is 4.53. The molecule has 1 aliphatic heterocycles. The van der Waals surface area contributed by atoms with E-state index in [9.17, 15) is 9.18 Å². The van der Waals surface area contributed by atoms with Crippen molar-refractivity contribution < 1.29 is 18.7 Å². The van der Waals surface area contributed by atoms with Gasteiger partial charge in [0.15, 0.2) is 11.5 Å². The minimum absolute atomic E-state index is 0.0551. The topological polar surface area (TPSA) is 35.5 Å². The highest BCUT2D eigenvalue weighted by molar-refractivity contribution is 5.95. The van der Waals surface area contributed by atoms with Gasteiger partial charge in [-0.25, -0.2) is 4.39 Å². The Morgan fingerprint density at radius 2 is 1.77 bits per heavy atom. The number of ether oxygens (including phenoxy) is 2. The van der Waals surface area contributed by atoms with Crippen LogP contribution in [0.2, 0.25) is 0 Å². The summed E-state index contributed by atoms with van der Waals surface area (Å²) in [5, 5.41) is 0. The molecule has 0 aromatic heterocycles.